The van der Waals surface area contributed by atoms with E-state index in [0.29, 0.717) is 102 Å². The number of amides is 4. The van der Waals surface area contributed by atoms with E-state index in [1.165, 1.54) is 38.5 Å². The van der Waals surface area contributed by atoms with Crippen molar-refractivity contribution in [2.45, 2.75) is 50.6 Å². The maximum Gasteiger partial charge on any atom is 0.444 e. The van der Waals surface area contributed by atoms with E-state index in [4.69, 9.17) is 77.0 Å². The molecule has 0 atom stereocenters. The van der Waals surface area contributed by atoms with E-state index in [9.17, 15) is 28.8 Å². The lowest BCUT2D eigenvalue weighted by Gasteiger charge is -2.38. The summed E-state index contributed by atoms with van der Waals surface area (Å²) in [6.07, 6.45) is 1.64. The van der Waals surface area contributed by atoms with Crippen molar-refractivity contribution in [3.05, 3.63) is 104 Å². The van der Waals surface area contributed by atoms with Crippen molar-refractivity contribution in [3.8, 4) is 11.5 Å². The van der Waals surface area contributed by atoms with Crippen molar-refractivity contribution in [2.75, 3.05) is 127 Å². The van der Waals surface area contributed by atoms with Gasteiger partial charge in [-0.15, -0.1) is 0 Å². The molecule has 8 rings (SSSR count). The van der Waals surface area contributed by atoms with Crippen molar-refractivity contribution in [2.24, 2.45) is 0 Å². The zero-order chi connectivity index (χ0) is 55.6. The van der Waals surface area contributed by atoms with Crippen molar-refractivity contribution in [1.82, 2.24) is 29.7 Å². The molecule has 0 aromatic heterocycles. The molecule has 4 aliphatic heterocycles. The average Bonchev–Trinajstić information content (AvgIpc) is 3.52. The fraction of sp³-hybridized carbons (Fsp3) is 0.444. The van der Waals surface area contributed by atoms with Crippen molar-refractivity contribution >= 4 is 105 Å². The highest BCUT2D eigenvalue weighted by atomic mass is 35.5. The summed E-state index contributed by atoms with van der Waals surface area (Å²) >= 11 is 25.6. The van der Waals surface area contributed by atoms with Gasteiger partial charge in [0.25, 0.3) is 11.8 Å². The minimum Gasteiger partial charge on any atom is -0.496 e. The van der Waals surface area contributed by atoms with E-state index < -0.39 is 35.8 Å². The Morgan fingerprint density at radius 3 is 1.18 bits per heavy atom. The third kappa shape index (κ3) is 13.9. The maximum absolute atomic E-state index is 14.5. The largest absolute Gasteiger partial charge is 0.496 e. The van der Waals surface area contributed by atoms with Crippen LogP contribution in [0.1, 0.15) is 59.2 Å². The first-order valence-corrected chi connectivity index (χ1v) is 27.4. The number of likely N-dealkylation sites (tertiary alicyclic amines) is 2. The molecule has 0 unspecified atom stereocenters. The Bertz CT molecular complexity index is 2650. The van der Waals surface area contributed by atoms with Gasteiger partial charge >= 0.3 is 11.9 Å². The number of carbonyl (C=O) groups is 6. The summed E-state index contributed by atoms with van der Waals surface area (Å²) in [6.45, 7) is 7.36. The number of piperidine rings is 2. The number of anilines is 4. The minimum absolute atomic E-state index is 0.0201. The topological polar surface area (TPSA) is 217 Å². The molecule has 4 amide bonds. The van der Waals surface area contributed by atoms with Crippen LogP contribution in [0.5, 0.6) is 11.5 Å². The number of hydrogen-bond donors (Lipinski definition) is 2. The summed E-state index contributed by atoms with van der Waals surface area (Å²) in [5.74, 6) is -4.82. The van der Waals surface area contributed by atoms with E-state index in [2.05, 4.69) is 19.6 Å². The van der Waals surface area contributed by atoms with E-state index in [-0.39, 0.29) is 94.4 Å². The summed E-state index contributed by atoms with van der Waals surface area (Å²) in [5, 5.41) is 3.00. The number of piperazine rings is 2. The van der Waals surface area contributed by atoms with Crippen LogP contribution in [0.3, 0.4) is 0 Å². The first-order chi connectivity index (χ1) is 37.5. The summed E-state index contributed by atoms with van der Waals surface area (Å²) in [7, 11) is 2.66. The van der Waals surface area contributed by atoms with Gasteiger partial charge in [-0.3, -0.25) is 19.2 Å². The van der Waals surface area contributed by atoms with Gasteiger partial charge in [-0.1, -0.05) is 70.7 Å². The van der Waals surface area contributed by atoms with Crippen LogP contribution in [0.15, 0.2) is 72.8 Å². The fourth-order valence-corrected chi connectivity index (χ4v) is 11.1. The lowest BCUT2D eigenvalue weighted by Crippen LogP contribution is -2.52. The number of nitrogen functional groups attached to an aromatic ring is 2. The standard InChI is InChI=1S/C54H64Cl4N10O10/c1-75-47-33-43(59)41(57)31-37(47)51(71)67(35-11-17-61(18-12-35)21-15-49(69)65-27-23-63(24-28-65)45-9-5-3-7-39(45)55)77-53(73)54(74)78-68(52(72)38-32-42(58)44(60)34-48(38)76-2)36-13-19-62(20-14-36)22-16-50(70)66-29-25-64(26-30-66)46-10-6-4-8-40(46)56/h3-10,31-36H,11-30,59-60H2,1-2H3. The molecular weight excluding hydrogens is 1090 g/mol. The second-order valence-corrected chi connectivity index (χ2v) is 21.1. The summed E-state index contributed by atoms with van der Waals surface area (Å²) in [4.78, 5) is 108. The number of benzene rings is 4. The Labute approximate surface area is 473 Å². The monoisotopic (exact) mass is 1150 g/mol. The molecule has 78 heavy (non-hydrogen) atoms. The Morgan fingerprint density at radius 2 is 0.846 bits per heavy atom. The molecule has 0 spiro atoms. The van der Waals surface area contributed by atoms with Gasteiger partial charge in [-0.2, -0.15) is 10.1 Å². The van der Waals surface area contributed by atoms with Gasteiger partial charge in [0.05, 0.1) is 80.3 Å². The maximum atomic E-state index is 14.5. The Kier molecular flexibility index (Phi) is 19.6. The summed E-state index contributed by atoms with van der Waals surface area (Å²) in [6, 6.07) is 19.0. The molecule has 24 heteroatoms. The molecule has 4 N–H and O–H groups in total. The highest BCUT2D eigenvalue weighted by molar-refractivity contribution is 6.35. The van der Waals surface area contributed by atoms with Gasteiger partial charge in [-0.05, 0) is 62.1 Å². The second kappa shape index (κ2) is 26.5. The minimum atomic E-state index is -1.60. The molecule has 4 aromatic rings. The molecule has 0 bridgehead atoms. The number of methoxy groups -OCH3 is 2. The van der Waals surface area contributed by atoms with Gasteiger partial charge in [0.1, 0.15) is 11.5 Å². The molecule has 20 nitrogen and oxygen atoms in total. The number of hydrogen-bond acceptors (Lipinski definition) is 16. The molecular formula is C54H64Cl4N10O10. The van der Waals surface area contributed by atoms with Gasteiger partial charge in [0.15, 0.2) is 0 Å². The second-order valence-electron chi connectivity index (χ2n) is 19.5. The van der Waals surface area contributed by atoms with Crippen LogP contribution in [0, 0.1) is 0 Å². The molecule has 0 aliphatic carbocycles. The number of hydroxylamine groups is 4. The molecule has 4 heterocycles. The van der Waals surface area contributed by atoms with Crippen LogP contribution in [0.2, 0.25) is 20.1 Å². The molecule has 4 aliphatic rings. The lowest BCUT2D eigenvalue weighted by atomic mass is 10.0. The predicted octanol–water partition coefficient (Wildman–Crippen LogP) is 6.39. The number of halogens is 4. The van der Waals surface area contributed by atoms with Gasteiger partial charge in [0.2, 0.25) is 11.8 Å². The zero-order valence-electron chi connectivity index (χ0n) is 43.6. The summed E-state index contributed by atoms with van der Waals surface area (Å²) < 4.78 is 11.0. The van der Waals surface area contributed by atoms with Gasteiger partial charge in [0, 0.05) is 117 Å². The van der Waals surface area contributed by atoms with E-state index in [0.717, 1.165) is 21.5 Å². The highest BCUT2D eigenvalue weighted by Gasteiger charge is 2.40. The van der Waals surface area contributed by atoms with Crippen molar-refractivity contribution < 1.29 is 47.9 Å². The first kappa shape index (κ1) is 57.7. The lowest BCUT2D eigenvalue weighted by molar-refractivity contribution is -0.215. The van der Waals surface area contributed by atoms with Crippen LogP contribution in [-0.2, 0) is 28.9 Å². The molecule has 418 valence electrons. The van der Waals surface area contributed by atoms with E-state index in [1.807, 2.05) is 58.3 Å². The van der Waals surface area contributed by atoms with Gasteiger partial charge < -0.3 is 60.0 Å². The normalized spacial score (nSPS) is 16.8. The zero-order valence-corrected chi connectivity index (χ0v) is 46.6. The van der Waals surface area contributed by atoms with Crippen LogP contribution in [0.4, 0.5) is 22.7 Å². The third-order valence-electron chi connectivity index (χ3n) is 14.7. The Balaban J connectivity index is 0.914. The molecule has 0 radical (unpaired) electrons. The van der Waals surface area contributed by atoms with Crippen LogP contribution in [-0.4, -0.2) is 183 Å². The molecule has 4 fully saturated rings. The number of nitrogens with two attached hydrogens (primary N) is 2. The van der Waals surface area contributed by atoms with Crippen LogP contribution < -0.4 is 30.7 Å². The van der Waals surface area contributed by atoms with Gasteiger partial charge in [-0.25, -0.2) is 9.59 Å². The first-order valence-electron chi connectivity index (χ1n) is 25.9. The number of ether oxygens (including phenoxy) is 2. The van der Waals surface area contributed by atoms with E-state index in [1.54, 1.807) is 0 Å². The highest BCUT2D eigenvalue weighted by Crippen LogP contribution is 2.34. The predicted molar refractivity (Wildman–Crippen MR) is 298 cm³/mol. The molecule has 0 saturated carbocycles. The van der Waals surface area contributed by atoms with Crippen LogP contribution in [0.25, 0.3) is 0 Å². The molecule has 4 aromatic carbocycles. The van der Waals surface area contributed by atoms with Crippen LogP contribution >= 0.6 is 46.4 Å². The third-order valence-corrected chi connectivity index (χ3v) is 16.0. The van der Waals surface area contributed by atoms with Crippen molar-refractivity contribution in [1.29, 1.82) is 0 Å². The Hall–Kier alpha value is -6.42. The SMILES string of the molecule is COc1cc(N)c(Cl)cc1C(=O)N(OC(=O)C(=O)ON(C(=O)c1cc(Cl)c(N)cc1OC)C1CCN(CCC(=O)N2CCN(c3ccccc3Cl)CC2)CC1)C1CCN(CCC(=O)N2CCN(c3ccccc3Cl)CC2)CC1. The number of rotatable bonds is 14. The van der Waals surface area contributed by atoms with E-state index >= 15 is 0 Å². The number of para-hydroxylation sites is 2. The quantitative estimate of drug-likeness (QED) is 0.0795. The van der Waals surface area contributed by atoms with Crippen molar-refractivity contribution in [3.63, 3.8) is 0 Å². The Morgan fingerprint density at radius 1 is 0.500 bits per heavy atom. The number of carbonyl (C=O) groups excluding carboxylic acids is 6. The molecule has 4 saturated heterocycles. The smallest absolute Gasteiger partial charge is 0.444 e. The average molecular weight is 1150 g/mol. The summed E-state index contributed by atoms with van der Waals surface area (Å²) in [5.41, 5.74) is 14.0. The number of nitrogens with zero attached hydrogens (tertiary/aromatic N) is 8. The fourth-order valence-electron chi connectivity index (χ4n) is 10.3.